The number of aliphatic carboxylic acids is 1. The van der Waals surface area contributed by atoms with Crippen LogP contribution in [0.3, 0.4) is 0 Å². The summed E-state index contributed by atoms with van der Waals surface area (Å²) in [6, 6.07) is 17.9. The first-order valence-corrected chi connectivity index (χ1v) is 8.34. The van der Waals surface area contributed by atoms with E-state index in [1.54, 1.807) is 6.92 Å². The van der Waals surface area contributed by atoms with Gasteiger partial charge in [-0.15, -0.1) is 10.2 Å². The topological polar surface area (TPSA) is 72.4 Å². The molecule has 0 radical (unpaired) electrons. The molecular weight excluding hydrogens is 324 g/mol. The van der Waals surface area contributed by atoms with Gasteiger partial charge in [-0.1, -0.05) is 42.1 Å². The highest BCUT2D eigenvalue weighted by Gasteiger charge is 2.21. The number of rotatable bonds is 4. The lowest BCUT2D eigenvalue weighted by Crippen LogP contribution is -2.11. The fraction of sp³-hybridized carbons (Fsp3) is 0.118. The maximum absolute atomic E-state index is 11.2. The van der Waals surface area contributed by atoms with Gasteiger partial charge in [-0.05, 0) is 31.2 Å². The zero-order chi connectivity index (χ0) is 16.7. The Morgan fingerprint density at radius 3 is 2.42 bits per heavy atom. The molecule has 2 heterocycles. The Balaban J connectivity index is 2.00. The van der Waals surface area contributed by atoms with Gasteiger partial charge in [-0.25, -0.2) is 0 Å². The molecule has 7 heteroatoms. The first-order chi connectivity index (χ1) is 11.7. The van der Waals surface area contributed by atoms with E-state index in [0.717, 1.165) is 16.7 Å². The lowest BCUT2D eigenvalue weighted by atomic mass is 10.3. The minimum atomic E-state index is -0.872. The highest BCUT2D eigenvalue weighted by molar-refractivity contribution is 8.00. The van der Waals surface area contributed by atoms with E-state index in [9.17, 15) is 4.79 Å². The molecule has 0 aliphatic rings. The third kappa shape index (κ3) is 2.25. The van der Waals surface area contributed by atoms with Crippen LogP contribution in [0.15, 0.2) is 59.8 Å². The molecule has 0 fully saturated rings. The molecule has 120 valence electrons. The van der Waals surface area contributed by atoms with Crippen molar-refractivity contribution in [3.05, 3.63) is 54.6 Å². The number of benzene rings is 2. The molecule has 6 nitrogen and oxygen atoms in total. The van der Waals surface area contributed by atoms with Gasteiger partial charge in [0.05, 0.1) is 11.0 Å². The van der Waals surface area contributed by atoms with Crippen molar-refractivity contribution in [3.63, 3.8) is 0 Å². The van der Waals surface area contributed by atoms with Crippen molar-refractivity contribution in [1.29, 1.82) is 0 Å². The normalized spacial score (nSPS) is 12.7. The van der Waals surface area contributed by atoms with Gasteiger partial charge in [0.2, 0.25) is 5.78 Å². The van der Waals surface area contributed by atoms with E-state index in [0.29, 0.717) is 10.9 Å². The third-order valence-electron chi connectivity index (χ3n) is 3.82. The van der Waals surface area contributed by atoms with Crippen LogP contribution in [0.1, 0.15) is 6.92 Å². The predicted molar refractivity (Wildman–Crippen MR) is 92.8 cm³/mol. The van der Waals surface area contributed by atoms with Crippen LogP contribution < -0.4 is 0 Å². The molecule has 1 atom stereocenters. The van der Waals surface area contributed by atoms with E-state index in [4.69, 9.17) is 5.11 Å². The monoisotopic (exact) mass is 338 g/mol. The second-order valence-electron chi connectivity index (χ2n) is 5.38. The molecule has 0 spiro atoms. The quantitative estimate of drug-likeness (QED) is 0.578. The second kappa shape index (κ2) is 5.68. The molecular formula is C17H14N4O2S. The maximum Gasteiger partial charge on any atom is 0.316 e. The standard InChI is InChI=1S/C17H14N4O2S/c1-11(15(22)23)24-17-19-18-16-20(12-7-3-2-4-8-12)13-9-5-6-10-14(13)21(16)17/h2-11H,1H3,(H,22,23)/t11-/m0/s1. The zero-order valence-corrected chi connectivity index (χ0v) is 13.6. The number of nitrogens with zero attached hydrogens (tertiary/aromatic N) is 4. The van der Waals surface area contributed by atoms with Crippen molar-refractivity contribution in [3.8, 4) is 5.69 Å². The molecule has 2 aromatic carbocycles. The van der Waals surface area contributed by atoms with Crippen LogP contribution in [0.5, 0.6) is 0 Å². The van der Waals surface area contributed by atoms with Crippen molar-refractivity contribution in [2.75, 3.05) is 0 Å². The van der Waals surface area contributed by atoms with E-state index in [1.807, 2.05) is 63.6 Å². The number of hydrogen-bond donors (Lipinski definition) is 1. The Hall–Kier alpha value is -2.80. The summed E-state index contributed by atoms with van der Waals surface area (Å²) in [6.45, 7) is 1.64. The zero-order valence-electron chi connectivity index (χ0n) is 12.8. The van der Waals surface area contributed by atoms with Crippen LogP contribution in [0, 0.1) is 0 Å². The van der Waals surface area contributed by atoms with Crippen molar-refractivity contribution in [1.82, 2.24) is 19.2 Å². The molecule has 4 aromatic rings. The number of carboxylic acids is 1. The number of imidazole rings is 1. The van der Waals surface area contributed by atoms with Gasteiger partial charge in [-0.3, -0.25) is 13.8 Å². The summed E-state index contributed by atoms with van der Waals surface area (Å²) < 4.78 is 3.93. The average molecular weight is 338 g/mol. The highest BCUT2D eigenvalue weighted by atomic mass is 32.2. The summed E-state index contributed by atoms with van der Waals surface area (Å²) in [6.07, 6.45) is 0. The van der Waals surface area contributed by atoms with Crippen LogP contribution in [-0.4, -0.2) is 35.5 Å². The molecule has 2 aromatic heterocycles. The predicted octanol–water partition coefficient (Wildman–Crippen LogP) is 3.24. The van der Waals surface area contributed by atoms with E-state index in [2.05, 4.69) is 10.2 Å². The van der Waals surface area contributed by atoms with Gasteiger partial charge in [0.1, 0.15) is 5.25 Å². The Labute approximate surface area is 141 Å². The van der Waals surface area contributed by atoms with Crippen molar-refractivity contribution < 1.29 is 9.90 Å². The number of carboxylic acid groups (broad SMARTS) is 1. The molecule has 0 saturated carbocycles. The summed E-state index contributed by atoms with van der Waals surface area (Å²) in [5.41, 5.74) is 2.93. The van der Waals surface area contributed by atoms with Gasteiger partial charge >= 0.3 is 5.97 Å². The fourth-order valence-electron chi connectivity index (χ4n) is 2.68. The number of thioether (sulfide) groups is 1. The van der Waals surface area contributed by atoms with Gasteiger partial charge in [0.25, 0.3) is 0 Å². The fourth-order valence-corrected chi connectivity index (χ4v) is 3.47. The Morgan fingerprint density at radius 1 is 1.04 bits per heavy atom. The molecule has 0 amide bonds. The third-order valence-corrected chi connectivity index (χ3v) is 4.85. The van der Waals surface area contributed by atoms with Crippen LogP contribution in [-0.2, 0) is 4.79 Å². The van der Waals surface area contributed by atoms with E-state index >= 15 is 0 Å². The summed E-state index contributed by atoms with van der Waals surface area (Å²) >= 11 is 1.19. The molecule has 24 heavy (non-hydrogen) atoms. The second-order valence-corrected chi connectivity index (χ2v) is 6.68. The smallest absolute Gasteiger partial charge is 0.316 e. The highest BCUT2D eigenvalue weighted by Crippen LogP contribution is 2.30. The first-order valence-electron chi connectivity index (χ1n) is 7.46. The number of fused-ring (bicyclic) bond motifs is 3. The molecule has 1 N–H and O–H groups in total. The van der Waals surface area contributed by atoms with E-state index < -0.39 is 11.2 Å². The summed E-state index contributed by atoms with van der Waals surface area (Å²) in [5, 5.41) is 17.7. The summed E-state index contributed by atoms with van der Waals surface area (Å²) in [7, 11) is 0. The SMILES string of the molecule is C[C@H](Sc1nnc2n(-c3ccccc3)c3ccccc3n12)C(=O)O. The minimum absolute atomic E-state index is 0.575. The summed E-state index contributed by atoms with van der Waals surface area (Å²) in [5.74, 6) is -0.203. The molecule has 4 rings (SSSR count). The minimum Gasteiger partial charge on any atom is -0.480 e. The van der Waals surface area contributed by atoms with Gasteiger partial charge in [0, 0.05) is 5.69 Å². The van der Waals surface area contributed by atoms with Crippen LogP contribution in [0.4, 0.5) is 0 Å². The summed E-state index contributed by atoms with van der Waals surface area (Å²) in [4.78, 5) is 11.2. The number of para-hydroxylation sites is 3. The van der Waals surface area contributed by atoms with Gasteiger partial charge < -0.3 is 5.11 Å². The Morgan fingerprint density at radius 2 is 1.71 bits per heavy atom. The van der Waals surface area contributed by atoms with E-state index in [-0.39, 0.29) is 0 Å². The lowest BCUT2D eigenvalue weighted by molar-refractivity contribution is -0.136. The molecule has 0 unspecified atom stereocenters. The molecule has 0 aliphatic heterocycles. The molecule has 0 aliphatic carbocycles. The van der Waals surface area contributed by atoms with Crippen molar-refractivity contribution in [2.24, 2.45) is 0 Å². The first kappa shape index (κ1) is 14.8. The lowest BCUT2D eigenvalue weighted by Gasteiger charge is -2.03. The average Bonchev–Trinajstić information content (AvgIpc) is 3.14. The van der Waals surface area contributed by atoms with E-state index in [1.165, 1.54) is 11.8 Å². The maximum atomic E-state index is 11.2. The molecule has 0 saturated heterocycles. The van der Waals surface area contributed by atoms with Crippen LogP contribution >= 0.6 is 11.8 Å². The van der Waals surface area contributed by atoms with Gasteiger partial charge in [-0.2, -0.15) is 0 Å². The van der Waals surface area contributed by atoms with Crippen molar-refractivity contribution in [2.45, 2.75) is 17.3 Å². The number of carbonyl (C=O) groups is 1. The van der Waals surface area contributed by atoms with Crippen LogP contribution in [0.2, 0.25) is 0 Å². The Kier molecular flexibility index (Phi) is 3.50. The van der Waals surface area contributed by atoms with Gasteiger partial charge in [0.15, 0.2) is 5.16 Å². The van der Waals surface area contributed by atoms with Crippen molar-refractivity contribution >= 4 is 34.5 Å². The largest absolute Gasteiger partial charge is 0.480 e. The van der Waals surface area contributed by atoms with Crippen LogP contribution in [0.25, 0.3) is 22.5 Å². The molecule has 0 bridgehead atoms. The Bertz CT molecular complexity index is 1040. The number of hydrogen-bond acceptors (Lipinski definition) is 4. The number of aromatic nitrogens is 4.